The van der Waals surface area contributed by atoms with Crippen molar-refractivity contribution in [2.45, 2.75) is 64.7 Å². The van der Waals surface area contributed by atoms with Crippen LogP contribution in [0.4, 0.5) is 22.0 Å². The molecule has 0 radical (unpaired) electrons. The third-order valence-electron chi connectivity index (χ3n) is 7.74. The molecular weight excluding hydrogens is 499 g/mol. The van der Waals surface area contributed by atoms with Gasteiger partial charge in [0.05, 0.1) is 0 Å². The van der Waals surface area contributed by atoms with Crippen LogP contribution in [0.15, 0.2) is 42.5 Å². The molecule has 2 nitrogen and oxygen atoms in total. The zero-order valence-electron chi connectivity index (χ0n) is 21.3. The van der Waals surface area contributed by atoms with Gasteiger partial charge in [-0.25, -0.2) is 26.7 Å². The summed E-state index contributed by atoms with van der Waals surface area (Å²) < 4.78 is 71.4. The Kier molecular flexibility index (Phi) is 8.85. The monoisotopic (exact) mass is 530 g/mol. The first-order valence-corrected chi connectivity index (χ1v) is 13.2. The van der Waals surface area contributed by atoms with Crippen LogP contribution in [0.3, 0.4) is 0 Å². The van der Waals surface area contributed by atoms with Crippen LogP contribution in [-0.2, 0) is 6.42 Å². The van der Waals surface area contributed by atoms with Gasteiger partial charge in [0, 0.05) is 5.56 Å². The van der Waals surface area contributed by atoms with E-state index in [1.54, 1.807) is 12.1 Å². The molecule has 1 aliphatic rings. The van der Waals surface area contributed by atoms with Crippen molar-refractivity contribution < 1.29 is 31.9 Å². The van der Waals surface area contributed by atoms with Crippen LogP contribution in [-0.4, -0.2) is 11.1 Å². The molecule has 0 amide bonds. The zero-order chi connectivity index (χ0) is 27.4. The van der Waals surface area contributed by atoms with Crippen molar-refractivity contribution in [3.05, 3.63) is 82.7 Å². The smallest absolute Gasteiger partial charge is 0.341 e. The second kappa shape index (κ2) is 12.1. The highest BCUT2D eigenvalue weighted by atomic mass is 19.2. The first kappa shape index (κ1) is 27.8. The fraction of sp³-hybridized carbons (Fsp3) is 0.387. The van der Waals surface area contributed by atoms with Crippen LogP contribution in [0, 0.1) is 40.9 Å². The van der Waals surface area contributed by atoms with Gasteiger partial charge in [-0.05, 0) is 65.1 Å². The highest BCUT2D eigenvalue weighted by Crippen LogP contribution is 2.39. The van der Waals surface area contributed by atoms with E-state index in [2.05, 4.69) is 6.92 Å². The van der Waals surface area contributed by atoms with Gasteiger partial charge < -0.3 is 5.11 Å². The van der Waals surface area contributed by atoms with Crippen molar-refractivity contribution >= 4 is 5.97 Å². The van der Waals surface area contributed by atoms with E-state index in [1.807, 2.05) is 12.1 Å². The molecule has 4 rings (SSSR count). The lowest BCUT2D eigenvalue weighted by molar-refractivity contribution is 0.0686. The summed E-state index contributed by atoms with van der Waals surface area (Å²) in [6, 6.07) is 8.91. The number of hydrogen-bond donors (Lipinski definition) is 1. The lowest BCUT2D eigenvalue weighted by atomic mass is 9.78. The van der Waals surface area contributed by atoms with Gasteiger partial charge in [0.1, 0.15) is 17.2 Å². The zero-order valence-corrected chi connectivity index (χ0v) is 21.3. The minimum Gasteiger partial charge on any atom is -0.477 e. The Balaban J connectivity index is 1.58. The predicted octanol–water partition coefficient (Wildman–Crippen LogP) is 9.34. The molecule has 0 unspecified atom stereocenters. The maximum atomic E-state index is 15.3. The quantitative estimate of drug-likeness (QED) is 0.221. The van der Waals surface area contributed by atoms with Crippen molar-refractivity contribution in [1.29, 1.82) is 0 Å². The van der Waals surface area contributed by atoms with Gasteiger partial charge in [-0.1, -0.05) is 76.1 Å². The number of aromatic carboxylic acids is 1. The number of unbranched alkanes of at least 4 members (excludes halogenated alkanes) is 1. The van der Waals surface area contributed by atoms with Crippen molar-refractivity contribution in [3.8, 4) is 22.3 Å². The second-order valence-corrected chi connectivity index (χ2v) is 10.3. The molecule has 0 saturated heterocycles. The molecule has 0 spiro atoms. The molecule has 1 saturated carbocycles. The Morgan fingerprint density at radius 1 is 0.789 bits per heavy atom. The molecular formula is C31H31F5O2. The molecule has 38 heavy (non-hydrogen) atoms. The summed E-state index contributed by atoms with van der Waals surface area (Å²) in [7, 11) is 0. The number of aryl methyl sites for hydroxylation is 1. The van der Waals surface area contributed by atoms with Crippen LogP contribution in [0.25, 0.3) is 22.3 Å². The van der Waals surface area contributed by atoms with E-state index in [9.17, 15) is 27.5 Å². The Morgan fingerprint density at radius 3 is 1.92 bits per heavy atom. The molecule has 7 heteroatoms. The van der Waals surface area contributed by atoms with Crippen molar-refractivity contribution in [3.63, 3.8) is 0 Å². The van der Waals surface area contributed by atoms with E-state index in [-0.39, 0.29) is 5.56 Å². The molecule has 0 atom stereocenters. The van der Waals surface area contributed by atoms with Crippen molar-refractivity contribution in [2.75, 3.05) is 0 Å². The van der Waals surface area contributed by atoms with Gasteiger partial charge in [0.15, 0.2) is 17.5 Å². The van der Waals surface area contributed by atoms with E-state index >= 15 is 4.39 Å². The lowest BCUT2D eigenvalue weighted by Crippen LogP contribution is -2.15. The minimum absolute atomic E-state index is 0.0904. The average molecular weight is 531 g/mol. The Hall–Kier alpha value is -3.22. The van der Waals surface area contributed by atoms with E-state index in [1.165, 1.54) is 44.9 Å². The molecule has 0 heterocycles. The van der Waals surface area contributed by atoms with Gasteiger partial charge in [0.25, 0.3) is 0 Å². The molecule has 3 aromatic carbocycles. The topological polar surface area (TPSA) is 37.3 Å². The van der Waals surface area contributed by atoms with Gasteiger partial charge in [-0.3, -0.25) is 0 Å². The minimum atomic E-state index is -1.87. The number of benzene rings is 3. The largest absolute Gasteiger partial charge is 0.477 e. The molecule has 0 aliphatic heterocycles. The fourth-order valence-corrected chi connectivity index (χ4v) is 5.55. The number of carbonyl (C=O) groups is 1. The molecule has 0 aromatic heterocycles. The summed E-state index contributed by atoms with van der Waals surface area (Å²) >= 11 is 0. The van der Waals surface area contributed by atoms with E-state index in [4.69, 9.17) is 0 Å². The molecule has 1 N–H and O–H groups in total. The summed E-state index contributed by atoms with van der Waals surface area (Å²) in [5.41, 5.74) is -0.920. The summed E-state index contributed by atoms with van der Waals surface area (Å²) in [5.74, 6) is -8.04. The maximum Gasteiger partial charge on any atom is 0.341 e. The third kappa shape index (κ3) is 6.08. The SMILES string of the molecule is CCCCC1CCC(CCc2ccc(-c3cc(F)c(C(=O)O)c(F)c3-c3cc(F)c(F)c(F)c3)cc2)CC1. The summed E-state index contributed by atoms with van der Waals surface area (Å²) in [6.45, 7) is 2.22. The van der Waals surface area contributed by atoms with Gasteiger partial charge >= 0.3 is 5.97 Å². The average Bonchev–Trinajstić information content (AvgIpc) is 2.89. The van der Waals surface area contributed by atoms with Crippen LogP contribution < -0.4 is 0 Å². The van der Waals surface area contributed by atoms with E-state index in [0.29, 0.717) is 23.6 Å². The van der Waals surface area contributed by atoms with E-state index < -0.39 is 51.7 Å². The predicted molar refractivity (Wildman–Crippen MR) is 137 cm³/mol. The number of carboxylic acid groups (broad SMARTS) is 1. The molecule has 0 bridgehead atoms. The highest BCUT2D eigenvalue weighted by Gasteiger charge is 2.26. The Morgan fingerprint density at radius 2 is 1.37 bits per heavy atom. The van der Waals surface area contributed by atoms with E-state index in [0.717, 1.165) is 30.4 Å². The van der Waals surface area contributed by atoms with Gasteiger partial charge in [-0.2, -0.15) is 0 Å². The number of rotatable bonds is 9. The molecule has 202 valence electrons. The first-order valence-electron chi connectivity index (χ1n) is 13.2. The number of carboxylic acids is 1. The highest BCUT2D eigenvalue weighted by molar-refractivity contribution is 5.94. The molecule has 1 aliphatic carbocycles. The first-order chi connectivity index (χ1) is 18.2. The second-order valence-electron chi connectivity index (χ2n) is 10.3. The van der Waals surface area contributed by atoms with Crippen LogP contribution in [0.1, 0.15) is 74.2 Å². The molecule has 1 fully saturated rings. The number of halogens is 5. The maximum absolute atomic E-state index is 15.3. The Labute approximate surface area is 219 Å². The van der Waals surface area contributed by atoms with Crippen molar-refractivity contribution in [1.82, 2.24) is 0 Å². The summed E-state index contributed by atoms with van der Waals surface area (Å²) in [5, 5.41) is 9.30. The van der Waals surface area contributed by atoms with Gasteiger partial charge in [-0.15, -0.1) is 0 Å². The molecule has 3 aromatic rings. The van der Waals surface area contributed by atoms with Crippen LogP contribution in [0.2, 0.25) is 0 Å². The fourth-order valence-electron chi connectivity index (χ4n) is 5.55. The standard InChI is InChI=1S/C31H31F5O2/c1-2-3-4-18-5-7-19(8-6-18)9-10-20-11-13-21(14-12-20)23-17-24(32)28(31(37)38)30(36)27(23)22-15-25(33)29(35)26(34)16-22/h11-19H,2-10H2,1H3,(H,37,38). The van der Waals surface area contributed by atoms with Crippen LogP contribution in [0.5, 0.6) is 0 Å². The summed E-state index contributed by atoms with van der Waals surface area (Å²) in [6.07, 6.45) is 10.8. The summed E-state index contributed by atoms with van der Waals surface area (Å²) in [4.78, 5) is 11.5. The lowest BCUT2D eigenvalue weighted by Gasteiger charge is -2.28. The Bertz CT molecular complexity index is 1270. The normalized spacial score (nSPS) is 17.5. The number of hydrogen-bond acceptors (Lipinski definition) is 1. The third-order valence-corrected chi connectivity index (χ3v) is 7.74. The van der Waals surface area contributed by atoms with Crippen LogP contribution >= 0.6 is 0 Å². The van der Waals surface area contributed by atoms with Crippen molar-refractivity contribution in [2.24, 2.45) is 11.8 Å². The van der Waals surface area contributed by atoms with Gasteiger partial charge in [0.2, 0.25) is 0 Å².